The number of nitrogens with one attached hydrogen (secondary N) is 2. The molecule has 1 heterocycles. The van der Waals surface area contributed by atoms with E-state index in [1.165, 1.54) is 16.5 Å². The van der Waals surface area contributed by atoms with Crippen LogP contribution in [0.1, 0.15) is 12.5 Å². The van der Waals surface area contributed by atoms with Crippen molar-refractivity contribution in [1.29, 1.82) is 0 Å². The minimum Gasteiger partial charge on any atom is -0.370 e. The van der Waals surface area contributed by atoms with Gasteiger partial charge in [0.2, 0.25) is 0 Å². The molecule has 4 nitrogen and oxygen atoms in total. The number of benzene rings is 1. The van der Waals surface area contributed by atoms with Gasteiger partial charge in [-0.25, -0.2) is 4.99 Å². The maximum Gasteiger partial charge on any atom is 0.188 e. The van der Waals surface area contributed by atoms with Crippen LogP contribution in [0.4, 0.5) is 0 Å². The molecule has 1 aromatic heterocycles. The van der Waals surface area contributed by atoms with E-state index >= 15 is 0 Å². The van der Waals surface area contributed by atoms with E-state index in [1.807, 2.05) is 19.2 Å². The number of nitrogens with two attached hydrogens (primary N) is 1. The van der Waals surface area contributed by atoms with Crippen molar-refractivity contribution in [2.75, 3.05) is 13.1 Å². The number of aromatic nitrogens is 1. The van der Waals surface area contributed by atoms with E-state index < -0.39 is 0 Å². The van der Waals surface area contributed by atoms with Gasteiger partial charge in [0.15, 0.2) is 5.96 Å². The van der Waals surface area contributed by atoms with E-state index in [0.717, 1.165) is 18.5 Å². The molecular weight excluding hydrogens is 363 g/mol. The van der Waals surface area contributed by atoms with Gasteiger partial charge in [0, 0.05) is 23.6 Å². The Morgan fingerprint density at radius 3 is 2.90 bits per heavy atom. The topological polar surface area (TPSA) is 66.2 Å². The average molecular weight is 384 g/mol. The van der Waals surface area contributed by atoms with Crippen LogP contribution in [0.3, 0.4) is 0 Å². The van der Waals surface area contributed by atoms with Crippen molar-refractivity contribution >= 4 is 40.8 Å². The van der Waals surface area contributed by atoms with Crippen molar-refractivity contribution in [3.63, 3.8) is 0 Å². The van der Waals surface area contributed by atoms with Gasteiger partial charge in [0.25, 0.3) is 0 Å². The number of hydrogen-bond acceptors (Lipinski definition) is 1. The summed E-state index contributed by atoms with van der Waals surface area (Å²) in [5, 5.41) is 4.38. The number of para-hydroxylation sites is 1. The Bertz CT molecular complexity index is 601. The Labute approximate surface area is 136 Å². The summed E-state index contributed by atoms with van der Waals surface area (Å²) in [5.41, 5.74) is 9.22. The molecular formula is C15H21IN4. The molecule has 2 rings (SSSR count). The van der Waals surface area contributed by atoms with E-state index in [2.05, 4.69) is 40.1 Å². The lowest BCUT2D eigenvalue weighted by atomic mass is 10.1. The SMILES string of the molecule is C=C(C)CN=C(N)NCCc1c[nH]c2ccccc12.I. The molecule has 108 valence electrons. The van der Waals surface area contributed by atoms with E-state index in [4.69, 9.17) is 5.73 Å². The fourth-order valence-electron chi connectivity index (χ4n) is 1.94. The van der Waals surface area contributed by atoms with Crippen LogP contribution in [0, 0.1) is 0 Å². The molecule has 0 atom stereocenters. The van der Waals surface area contributed by atoms with Gasteiger partial charge >= 0.3 is 0 Å². The fourth-order valence-corrected chi connectivity index (χ4v) is 1.94. The second-order valence-electron chi connectivity index (χ2n) is 4.69. The van der Waals surface area contributed by atoms with Crippen LogP contribution in [0.5, 0.6) is 0 Å². The van der Waals surface area contributed by atoms with Crippen molar-refractivity contribution in [1.82, 2.24) is 10.3 Å². The summed E-state index contributed by atoms with van der Waals surface area (Å²) in [6, 6.07) is 8.29. The third-order valence-electron chi connectivity index (χ3n) is 2.89. The number of halogens is 1. The first-order chi connectivity index (χ1) is 9.16. The monoisotopic (exact) mass is 384 g/mol. The molecule has 0 fully saturated rings. The number of aliphatic imine (C=N–C) groups is 1. The van der Waals surface area contributed by atoms with Gasteiger partial charge < -0.3 is 16.0 Å². The molecule has 0 amide bonds. The van der Waals surface area contributed by atoms with E-state index in [-0.39, 0.29) is 24.0 Å². The molecule has 0 radical (unpaired) electrons. The summed E-state index contributed by atoms with van der Waals surface area (Å²) in [5.74, 6) is 0.475. The number of hydrogen-bond donors (Lipinski definition) is 3. The molecule has 0 bridgehead atoms. The van der Waals surface area contributed by atoms with Crippen molar-refractivity contribution < 1.29 is 0 Å². The molecule has 20 heavy (non-hydrogen) atoms. The zero-order valence-electron chi connectivity index (χ0n) is 11.6. The van der Waals surface area contributed by atoms with Gasteiger partial charge in [-0.3, -0.25) is 0 Å². The minimum atomic E-state index is 0. The molecule has 5 heteroatoms. The van der Waals surface area contributed by atoms with Crippen molar-refractivity contribution in [2.45, 2.75) is 13.3 Å². The Hall–Kier alpha value is -1.50. The van der Waals surface area contributed by atoms with Crippen LogP contribution >= 0.6 is 24.0 Å². The van der Waals surface area contributed by atoms with Gasteiger partial charge in [-0.05, 0) is 25.0 Å². The molecule has 2 aromatic rings. The van der Waals surface area contributed by atoms with Crippen LogP contribution < -0.4 is 11.1 Å². The third-order valence-corrected chi connectivity index (χ3v) is 2.89. The van der Waals surface area contributed by atoms with Gasteiger partial charge in [0.05, 0.1) is 6.54 Å². The number of aromatic amines is 1. The second kappa shape index (κ2) is 7.94. The normalized spacial score (nSPS) is 11.2. The summed E-state index contributed by atoms with van der Waals surface area (Å²) >= 11 is 0. The standard InChI is InChI=1S/C15H20N4.HI/c1-11(2)9-19-15(16)17-8-7-12-10-18-14-6-4-3-5-13(12)14;/h3-6,10,18H,1,7-9H2,2H3,(H3,16,17,19);1H. The molecule has 1 aromatic carbocycles. The van der Waals surface area contributed by atoms with Crippen LogP contribution in [0.2, 0.25) is 0 Å². The molecule has 0 aliphatic heterocycles. The van der Waals surface area contributed by atoms with Gasteiger partial charge in [-0.15, -0.1) is 24.0 Å². The number of fused-ring (bicyclic) bond motifs is 1. The maximum absolute atomic E-state index is 5.76. The number of guanidine groups is 1. The predicted molar refractivity (Wildman–Crippen MR) is 96.7 cm³/mol. The van der Waals surface area contributed by atoms with Gasteiger partial charge in [-0.2, -0.15) is 0 Å². The molecule has 4 N–H and O–H groups in total. The van der Waals surface area contributed by atoms with Gasteiger partial charge in [-0.1, -0.05) is 30.4 Å². The van der Waals surface area contributed by atoms with Crippen LogP contribution in [-0.4, -0.2) is 24.0 Å². The first-order valence-corrected chi connectivity index (χ1v) is 6.40. The minimum absolute atomic E-state index is 0. The van der Waals surface area contributed by atoms with E-state index in [0.29, 0.717) is 12.5 Å². The van der Waals surface area contributed by atoms with Crippen LogP contribution in [0.15, 0.2) is 47.6 Å². The molecule has 0 aliphatic carbocycles. The quantitative estimate of drug-likeness (QED) is 0.321. The third kappa shape index (κ3) is 4.56. The zero-order chi connectivity index (χ0) is 13.7. The molecule has 0 aliphatic rings. The number of nitrogens with zero attached hydrogens (tertiary/aromatic N) is 1. The first kappa shape index (κ1) is 16.6. The summed E-state index contributed by atoms with van der Waals surface area (Å²) in [6.45, 7) is 7.07. The zero-order valence-corrected chi connectivity index (χ0v) is 14.0. The lowest BCUT2D eigenvalue weighted by Gasteiger charge is -2.05. The summed E-state index contributed by atoms with van der Waals surface area (Å²) in [4.78, 5) is 7.45. The van der Waals surface area contributed by atoms with Crippen molar-refractivity contribution in [2.24, 2.45) is 10.7 Å². The fraction of sp³-hybridized carbons (Fsp3) is 0.267. The molecule has 0 spiro atoms. The van der Waals surface area contributed by atoms with E-state index in [9.17, 15) is 0 Å². The largest absolute Gasteiger partial charge is 0.370 e. The number of H-pyrrole nitrogens is 1. The Morgan fingerprint density at radius 1 is 1.40 bits per heavy atom. The summed E-state index contributed by atoms with van der Waals surface area (Å²) < 4.78 is 0. The Kier molecular flexibility index (Phi) is 6.57. The Balaban J connectivity index is 0.00000200. The smallest absolute Gasteiger partial charge is 0.188 e. The number of rotatable bonds is 5. The lowest BCUT2D eigenvalue weighted by Crippen LogP contribution is -2.33. The molecule has 0 saturated carbocycles. The lowest BCUT2D eigenvalue weighted by molar-refractivity contribution is 0.856. The maximum atomic E-state index is 5.76. The highest BCUT2D eigenvalue weighted by Crippen LogP contribution is 2.17. The van der Waals surface area contributed by atoms with Crippen molar-refractivity contribution in [3.05, 3.63) is 48.2 Å². The molecule has 0 unspecified atom stereocenters. The summed E-state index contributed by atoms with van der Waals surface area (Å²) in [6.07, 6.45) is 2.96. The average Bonchev–Trinajstić information content (AvgIpc) is 2.80. The highest BCUT2D eigenvalue weighted by Gasteiger charge is 2.02. The van der Waals surface area contributed by atoms with Crippen molar-refractivity contribution in [3.8, 4) is 0 Å². The van der Waals surface area contributed by atoms with Crippen LogP contribution in [-0.2, 0) is 6.42 Å². The first-order valence-electron chi connectivity index (χ1n) is 6.40. The summed E-state index contributed by atoms with van der Waals surface area (Å²) in [7, 11) is 0. The highest BCUT2D eigenvalue weighted by molar-refractivity contribution is 14.0. The van der Waals surface area contributed by atoms with Gasteiger partial charge in [0.1, 0.15) is 0 Å². The molecule has 0 saturated heterocycles. The Morgan fingerprint density at radius 2 is 2.15 bits per heavy atom. The van der Waals surface area contributed by atoms with Crippen LogP contribution in [0.25, 0.3) is 10.9 Å². The van der Waals surface area contributed by atoms with E-state index in [1.54, 1.807) is 0 Å². The second-order valence-corrected chi connectivity index (χ2v) is 4.69. The predicted octanol–water partition coefficient (Wildman–Crippen LogP) is 2.81. The highest BCUT2D eigenvalue weighted by atomic mass is 127.